The Morgan fingerprint density at radius 3 is 2.50 bits per heavy atom. The van der Waals surface area contributed by atoms with Gasteiger partial charge < -0.3 is 15.4 Å². The number of esters is 1. The molecule has 5 nitrogen and oxygen atoms in total. The van der Waals surface area contributed by atoms with E-state index in [1.807, 2.05) is 20.8 Å². The number of hydrogen-bond acceptors (Lipinski definition) is 4. The monoisotopic (exact) mass is 306 g/mol. The molecule has 1 rings (SSSR count). The highest BCUT2D eigenvalue weighted by Gasteiger charge is 2.35. The largest absolute Gasteiger partial charge is 0.466 e. The summed E-state index contributed by atoms with van der Waals surface area (Å²) in [6.07, 6.45) is 1.61. The van der Waals surface area contributed by atoms with E-state index in [0.29, 0.717) is 19.7 Å². The minimum atomic E-state index is -0.534. The summed E-state index contributed by atoms with van der Waals surface area (Å²) in [5.41, 5.74) is 5.73. The Balaban J connectivity index is 0.00000361. The molecule has 0 bridgehead atoms. The van der Waals surface area contributed by atoms with Gasteiger partial charge >= 0.3 is 5.97 Å². The van der Waals surface area contributed by atoms with Crippen molar-refractivity contribution in [3.63, 3.8) is 0 Å². The molecule has 0 aliphatic carbocycles. The first-order valence-corrected chi connectivity index (χ1v) is 6.98. The van der Waals surface area contributed by atoms with E-state index < -0.39 is 6.04 Å². The molecule has 0 spiro atoms. The van der Waals surface area contributed by atoms with Gasteiger partial charge in [0, 0.05) is 13.1 Å². The van der Waals surface area contributed by atoms with Crippen molar-refractivity contribution < 1.29 is 14.3 Å². The van der Waals surface area contributed by atoms with E-state index in [1.165, 1.54) is 0 Å². The average molecular weight is 307 g/mol. The van der Waals surface area contributed by atoms with Crippen LogP contribution >= 0.6 is 12.4 Å². The molecule has 1 amide bonds. The van der Waals surface area contributed by atoms with Gasteiger partial charge in [0.1, 0.15) is 0 Å². The number of amides is 1. The second-order valence-electron chi connectivity index (χ2n) is 6.22. The van der Waals surface area contributed by atoms with Gasteiger partial charge in [0.25, 0.3) is 0 Å². The van der Waals surface area contributed by atoms with Crippen LogP contribution in [0, 0.1) is 11.3 Å². The van der Waals surface area contributed by atoms with Crippen molar-refractivity contribution in [2.24, 2.45) is 17.1 Å². The number of piperidine rings is 1. The van der Waals surface area contributed by atoms with Crippen LogP contribution in [0.25, 0.3) is 0 Å². The second-order valence-corrected chi connectivity index (χ2v) is 6.22. The molecule has 0 aromatic carbocycles. The van der Waals surface area contributed by atoms with Gasteiger partial charge in [-0.05, 0) is 25.2 Å². The van der Waals surface area contributed by atoms with Crippen molar-refractivity contribution >= 4 is 24.3 Å². The summed E-state index contributed by atoms with van der Waals surface area (Å²) < 4.78 is 5.03. The van der Waals surface area contributed by atoms with E-state index >= 15 is 0 Å². The molecule has 1 aliphatic heterocycles. The van der Waals surface area contributed by atoms with Crippen LogP contribution in [0.3, 0.4) is 0 Å². The van der Waals surface area contributed by atoms with Crippen molar-refractivity contribution in [3.8, 4) is 0 Å². The van der Waals surface area contributed by atoms with Crippen LogP contribution in [0.2, 0.25) is 0 Å². The molecule has 0 aromatic heterocycles. The topological polar surface area (TPSA) is 72.6 Å². The highest BCUT2D eigenvalue weighted by molar-refractivity contribution is 5.85. The normalized spacial score (nSPS) is 20.9. The first-order valence-electron chi connectivity index (χ1n) is 6.98. The van der Waals surface area contributed by atoms with Crippen LogP contribution in [-0.2, 0) is 14.3 Å². The third kappa shape index (κ3) is 4.94. The van der Waals surface area contributed by atoms with E-state index in [0.717, 1.165) is 12.8 Å². The number of carbonyl (C=O) groups is 2. The molecule has 6 heteroatoms. The lowest BCUT2D eigenvalue weighted by atomic mass is 9.86. The molecule has 1 aliphatic rings. The summed E-state index contributed by atoms with van der Waals surface area (Å²) in [6, 6.07) is -0.534. The van der Waals surface area contributed by atoms with E-state index in [4.69, 9.17) is 10.5 Å². The Hall–Kier alpha value is -0.810. The van der Waals surface area contributed by atoms with E-state index in [2.05, 4.69) is 0 Å². The van der Waals surface area contributed by atoms with Gasteiger partial charge in [0.05, 0.1) is 18.6 Å². The number of carbonyl (C=O) groups excluding carboxylic acids is 2. The fourth-order valence-electron chi connectivity index (χ4n) is 2.20. The molecule has 118 valence electrons. The Morgan fingerprint density at radius 1 is 1.40 bits per heavy atom. The predicted molar refractivity (Wildman–Crippen MR) is 80.6 cm³/mol. The van der Waals surface area contributed by atoms with Crippen molar-refractivity contribution in [1.82, 2.24) is 4.90 Å². The molecule has 0 radical (unpaired) electrons. The van der Waals surface area contributed by atoms with Crippen LogP contribution in [0.1, 0.15) is 40.5 Å². The maximum absolute atomic E-state index is 12.3. The minimum Gasteiger partial charge on any atom is -0.466 e. The molecule has 0 saturated carbocycles. The molecule has 1 fully saturated rings. The third-order valence-corrected chi connectivity index (χ3v) is 3.55. The van der Waals surface area contributed by atoms with E-state index in [9.17, 15) is 9.59 Å². The summed E-state index contributed by atoms with van der Waals surface area (Å²) >= 11 is 0. The summed E-state index contributed by atoms with van der Waals surface area (Å²) in [7, 11) is 0. The number of nitrogens with zero attached hydrogens (tertiary/aromatic N) is 1. The molecule has 2 atom stereocenters. The van der Waals surface area contributed by atoms with Gasteiger partial charge in [-0.2, -0.15) is 0 Å². The number of likely N-dealkylation sites (tertiary alicyclic amines) is 1. The molecule has 20 heavy (non-hydrogen) atoms. The molecular weight excluding hydrogens is 280 g/mol. The molecule has 1 heterocycles. The van der Waals surface area contributed by atoms with Crippen LogP contribution in [-0.4, -0.2) is 42.5 Å². The maximum Gasteiger partial charge on any atom is 0.310 e. The molecule has 2 N–H and O–H groups in total. The van der Waals surface area contributed by atoms with Gasteiger partial charge in [0.2, 0.25) is 5.91 Å². The van der Waals surface area contributed by atoms with Crippen LogP contribution in [0.5, 0.6) is 0 Å². The zero-order valence-electron chi connectivity index (χ0n) is 12.8. The third-order valence-electron chi connectivity index (χ3n) is 3.55. The van der Waals surface area contributed by atoms with Crippen molar-refractivity contribution in [2.45, 2.75) is 46.6 Å². The lowest BCUT2D eigenvalue weighted by Crippen LogP contribution is -2.53. The van der Waals surface area contributed by atoms with Gasteiger partial charge in [0.15, 0.2) is 0 Å². The molecule has 0 aromatic rings. The number of nitrogens with two attached hydrogens (primary N) is 1. The Kier molecular flexibility index (Phi) is 7.52. The SMILES string of the molecule is CCOC(=O)C1CCCN(C(=O)[C@@H](N)C(C)(C)C)C1.Cl. The lowest BCUT2D eigenvalue weighted by Gasteiger charge is -2.36. The fraction of sp³-hybridized carbons (Fsp3) is 0.857. The van der Waals surface area contributed by atoms with Crippen LogP contribution < -0.4 is 5.73 Å². The first-order chi connectivity index (χ1) is 8.77. The quantitative estimate of drug-likeness (QED) is 0.804. The van der Waals surface area contributed by atoms with Gasteiger partial charge in [-0.15, -0.1) is 12.4 Å². The number of hydrogen-bond donors (Lipinski definition) is 1. The molecule has 1 saturated heterocycles. The highest BCUT2D eigenvalue weighted by atomic mass is 35.5. The lowest BCUT2D eigenvalue weighted by molar-refractivity contribution is -0.151. The summed E-state index contributed by atoms with van der Waals surface area (Å²) in [5, 5.41) is 0. The summed E-state index contributed by atoms with van der Waals surface area (Å²) in [4.78, 5) is 25.8. The minimum absolute atomic E-state index is 0. The van der Waals surface area contributed by atoms with Gasteiger partial charge in [-0.1, -0.05) is 20.8 Å². The van der Waals surface area contributed by atoms with Crippen molar-refractivity contribution in [3.05, 3.63) is 0 Å². The Bertz CT molecular complexity index is 342. The van der Waals surface area contributed by atoms with E-state index in [-0.39, 0.29) is 35.6 Å². The number of rotatable bonds is 3. The van der Waals surface area contributed by atoms with Crippen LogP contribution in [0.4, 0.5) is 0 Å². The zero-order chi connectivity index (χ0) is 14.6. The van der Waals surface area contributed by atoms with E-state index in [1.54, 1.807) is 11.8 Å². The first kappa shape index (κ1) is 19.2. The smallest absolute Gasteiger partial charge is 0.310 e. The summed E-state index contributed by atoms with van der Waals surface area (Å²) in [6.45, 7) is 9.12. The molecule has 1 unspecified atom stereocenters. The molecular formula is C14H27ClN2O3. The standard InChI is InChI=1S/C14H26N2O3.ClH/c1-5-19-13(18)10-7-6-8-16(9-10)12(17)11(15)14(2,3)4;/h10-11H,5-9,15H2,1-4H3;1H/t10?,11-;/m1./s1. The van der Waals surface area contributed by atoms with Gasteiger partial charge in [-0.3, -0.25) is 9.59 Å². The second kappa shape index (κ2) is 7.84. The Labute approximate surface area is 127 Å². The average Bonchev–Trinajstić information content (AvgIpc) is 2.36. The van der Waals surface area contributed by atoms with Crippen molar-refractivity contribution in [1.29, 1.82) is 0 Å². The highest BCUT2D eigenvalue weighted by Crippen LogP contribution is 2.23. The predicted octanol–water partition coefficient (Wildman–Crippen LogP) is 1.58. The zero-order valence-corrected chi connectivity index (χ0v) is 13.7. The van der Waals surface area contributed by atoms with Crippen molar-refractivity contribution in [2.75, 3.05) is 19.7 Å². The summed E-state index contributed by atoms with van der Waals surface area (Å²) in [5.74, 6) is -0.476. The number of ether oxygens (including phenoxy) is 1. The fourth-order valence-corrected chi connectivity index (χ4v) is 2.20. The Morgan fingerprint density at radius 2 is 2.00 bits per heavy atom. The maximum atomic E-state index is 12.3. The number of halogens is 1. The van der Waals surface area contributed by atoms with Crippen LogP contribution in [0.15, 0.2) is 0 Å². The van der Waals surface area contributed by atoms with Gasteiger partial charge in [-0.25, -0.2) is 0 Å².